The van der Waals surface area contributed by atoms with E-state index in [4.69, 9.17) is 9.47 Å². The summed E-state index contributed by atoms with van der Waals surface area (Å²) in [5.41, 5.74) is 5.45. The van der Waals surface area contributed by atoms with E-state index in [0.717, 1.165) is 55.2 Å². The Morgan fingerprint density at radius 1 is 0.920 bits per heavy atom. The molecule has 1 aliphatic heterocycles. The number of aromatic nitrogens is 2. The maximum Gasteiger partial charge on any atom is 0.354 e. The van der Waals surface area contributed by atoms with Crippen LogP contribution < -0.4 is 10.3 Å². The standard InChI is InChI=1S/C40H35N3O5S.ClH/c1-25-9-7-12-27(21-25)37-36(40(45)46)43-38(44)31(23-42-17-19-47-20-18-42)32(24-48-34-16-8-11-26-10-3-4-13-28(26)34)35(39(43)49-37)30-22-41(2)33-15-6-5-14-29(30)33;/h3-16,21-22H,17-20,23-24H2,1-2H3,(H,45,46);1H. The number of para-hydroxylation sites is 1. The summed E-state index contributed by atoms with van der Waals surface area (Å²) in [6, 6.07) is 30.0. The van der Waals surface area contributed by atoms with Gasteiger partial charge >= 0.3 is 5.97 Å². The van der Waals surface area contributed by atoms with Crippen LogP contribution in [-0.2, 0) is 24.9 Å². The van der Waals surface area contributed by atoms with E-state index in [1.54, 1.807) is 0 Å². The van der Waals surface area contributed by atoms with Crippen LogP contribution in [0.25, 0.3) is 48.1 Å². The predicted molar refractivity (Wildman–Crippen MR) is 202 cm³/mol. The summed E-state index contributed by atoms with van der Waals surface area (Å²) >= 11 is 1.34. The van der Waals surface area contributed by atoms with Gasteiger partial charge in [0.1, 0.15) is 17.2 Å². The molecule has 4 heterocycles. The van der Waals surface area contributed by atoms with Gasteiger partial charge in [0.15, 0.2) is 5.69 Å². The van der Waals surface area contributed by atoms with Crippen molar-refractivity contribution in [2.45, 2.75) is 20.1 Å². The second kappa shape index (κ2) is 13.8. The molecule has 0 aliphatic carbocycles. The van der Waals surface area contributed by atoms with Crippen molar-refractivity contribution in [3.63, 3.8) is 0 Å². The summed E-state index contributed by atoms with van der Waals surface area (Å²) in [5.74, 6) is -0.428. The summed E-state index contributed by atoms with van der Waals surface area (Å²) in [7, 11) is 2.01. The van der Waals surface area contributed by atoms with Gasteiger partial charge in [-0.15, -0.1) is 23.7 Å². The van der Waals surface area contributed by atoms with Crippen molar-refractivity contribution >= 4 is 56.2 Å². The van der Waals surface area contributed by atoms with E-state index in [1.807, 2.05) is 80.7 Å². The molecule has 1 saturated heterocycles. The number of aryl methyl sites for hydroxylation is 2. The van der Waals surface area contributed by atoms with Crippen molar-refractivity contribution in [3.05, 3.63) is 130 Å². The molecule has 0 spiro atoms. The number of halogens is 1. The number of rotatable bonds is 8. The highest BCUT2D eigenvalue weighted by molar-refractivity contribution is 7.21. The fraction of sp³-hybridized carbons (Fsp3) is 0.200. The molecule has 0 bridgehead atoms. The number of morpholine rings is 1. The van der Waals surface area contributed by atoms with Crippen molar-refractivity contribution < 1.29 is 19.4 Å². The van der Waals surface area contributed by atoms with Crippen LogP contribution in [0.15, 0.2) is 102 Å². The average molecular weight is 706 g/mol. The molecule has 1 fully saturated rings. The molecule has 50 heavy (non-hydrogen) atoms. The maximum absolute atomic E-state index is 14.9. The maximum atomic E-state index is 14.9. The normalized spacial score (nSPS) is 13.6. The summed E-state index contributed by atoms with van der Waals surface area (Å²) in [5, 5.41) is 13.8. The van der Waals surface area contributed by atoms with Crippen LogP contribution in [0.1, 0.15) is 27.2 Å². The Bertz CT molecular complexity index is 2450. The molecule has 0 amide bonds. The number of carbonyl (C=O) groups is 1. The van der Waals surface area contributed by atoms with Gasteiger partial charge in [-0.05, 0) is 30.0 Å². The fourth-order valence-corrected chi connectivity index (χ4v) is 8.38. The number of thiazole rings is 1. The number of hydrogen-bond acceptors (Lipinski definition) is 6. The fourth-order valence-electron chi connectivity index (χ4n) is 7.06. The van der Waals surface area contributed by atoms with Gasteiger partial charge in [-0.25, -0.2) is 4.79 Å². The summed E-state index contributed by atoms with van der Waals surface area (Å²) < 4.78 is 15.9. The van der Waals surface area contributed by atoms with Gasteiger partial charge in [-0.2, -0.15) is 0 Å². The number of benzene rings is 4. The Morgan fingerprint density at radius 2 is 1.64 bits per heavy atom. The molecular formula is C40H36ClN3O5S. The molecule has 0 saturated carbocycles. The first-order chi connectivity index (χ1) is 23.9. The zero-order valence-electron chi connectivity index (χ0n) is 27.7. The van der Waals surface area contributed by atoms with E-state index in [9.17, 15) is 14.7 Å². The third-order valence-electron chi connectivity index (χ3n) is 9.44. The summed E-state index contributed by atoms with van der Waals surface area (Å²) in [4.78, 5) is 31.4. The molecule has 8 rings (SSSR count). The molecule has 1 N–H and O–H groups in total. The molecule has 8 nitrogen and oxygen atoms in total. The molecule has 0 atom stereocenters. The van der Waals surface area contributed by atoms with Crippen molar-refractivity contribution in [2.24, 2.45) is 7.05 Å². The molecule has 0 unspecified atom stereocenters. The third kappa shape index (κ3) is 5.86. The summed E-state index contributed by atoms with van der Waals surface area (Å²) in [6.07, 6.45) is 2.08. The average Bonchev–Trinajstić information content (AvgIpc) is 3.68. The number of pyridine rings is 1. The van der Waals surface area contributed by atoms with E-state index in [-0.39, 0.29) is 30.3 Å². The topological polar surface area (TPSA) is 85.4 Å². The predicted octanol–water partition coefficient (Wildman–Crippen LogP) is 8.18. The largest absolute Gasteiger partial charge is 0.488 e. The number of aromatic carboxylic acids is 1. The molecule has 1 aliphatic rings. The van der Waals surface area contributed by atoms with Crippen LogP contribution in [0, 0.1) is 6.92 Å². The Labute approximate surface area is 299 Å². The number of fused-ring (bicyclic) bond motifs is 3. The van der Waals surface area contributed by atoms with E-state index in [0.29, 0.717) is 48.1 Å². The van der Waals surface area contributed by atoms with Crippen LogP contribution in [0.4, 0.5) is 0 Å². The first kappa shape index (κ1) is 33.6. The molecule has 254 valence electrons. The van der Waals surface area contributed by atoms with Crippen LogP contribution in [0.3, 0.4) is 0 Å². The van der Waals surface area contributed by atoms with Crippen LogP contribution in [0.5, 0.6) is 5.75 Å². The number of nitrogens with zero attached hydrogens (tertiary/aromatic N) is 3. The first-order valence-corrected chi connectivity index (χ1v) is 17.2. The van der Waals surface area contributed by atoms with Crippen molar-refractivity contribution in [2.75, 3.05) is 26.3 Å². The van der Waals surface area contributed by atoms with Crippen molar-refractivity contribution in [1.82, 2.24) is 13.9 Å². The van der Waals surface area contributed by atoms with Crippen LogP contribution >= 0.6 is 23.7 Å². The minimum Gasteiger partial charge on any atom is -0.488 e. The SMILES string of the molecule is Cc1cccc(-c2sc3c(-c4cn(C)c5ccccc45)c(COc4cccc5ccccc45)c(CN4CCOCC4)c(=O)n3c2C(=O)O)c1.Cl. The zero-order valence-corrected chi connectivity index (χ0v) is 29.4. The van der Waals surface area contributed by atoms with Gasteiger partial charge in [0, 0.05) is 71.4 Å². The van der Waals surface area contributed by atoms with Crippen LogP contribution in [0.2, 0.25) is 0 Å². The second-order valence-electron chi connectivity index (χ2n) is 12.6. The molecule has 7 aromatic rings. The molecule has 10 heteroatoms. The van der Waals surface area contributed by atoms with Crippen molar-refractivity contribution in [3.8, 4) is 27.3 Å². The Kier molecular flexibility index (Phi) is 9.24. The van der Waals surface area contributed by atoms with E-state index >= 15 is 0 Å². The molecule has 4 aromatic carbocycles. The highest BCUT2D eigenvalue weighted by atomic mass is 35.5. The number of ether oxygens (including phenoxy) is 2. The monoisotopic (exact) mass is 705 g/mol. The number of carboxylic acid groups (broad SMARTS) is 1. The van der Waals surface area contributed by atoms with Crippen LogP contribution in [-0.4, -0.2) is 51.2 Å². The van der Waals surface area contributed by atoms with Gasteiger partial charge < -0.3 is 19.1 Å². The van der Waals surface area contributed by atoms with Gasteiger partial charge in [0.05, 0.1) is 18.1 Å². The minimum atomic E-state index is -1.15. The Morgan fingerprint density at radius 3 is 2.42 bits per heavy atom. The van der Waals surface area contributed by atoms with Gasteiger partial charge in [0.25, 0.3) is 5.56 Å². The van der Waals surface area contributed by atoms with Gasteiger partial charge in [0.2, 0.25) is 0 Å². The van der Waals surface area contributed by atoms with E-state index in [2.05, 4.69) is 39.9 Å². The molecule has 3 aromatic heterocycles. The van der Waals surface area contributed by atoms with Crippen molar-refractivity contribution in [1.29, 1.82) is 0 Å². The molecule has 0 radical (unpaired) electrons. The lowest BCUT2D eigenvalue weighted by molar-refractivity contribution is 0.0338. The first-order valence-electron chi connectivity index (χ1n) is 16.4. The van der Waals surface area contributed by atoms with E-state index < -0.39 is 5.97 Å². The number of carboxylic acids is 1. The Hall–Kier alpha value is -4.93. The van der Waals surface area contributed by atoms with E-state index in [1.165, 1.54) is 15.7 Å². The quantitative estimate of drug-likeness (QED) is 0.172. The third-order valence-corrected chi connectivity index (χ3v) is 10.7. The number of hydrogen-bond donors (Lipinski definition) is 1. The molecular weight excluding hydrogens is 670 g/mol. The van der Waals surface area contributed by atoms with Gasteiger partial charge in [-0.1, -0.05) is 84.4 Å². The zero-order chi connectivity index (χ0) is 33.6. The second-order valence-corrected chi connectivity index (χ2v) is 13.6. The Balaban J connectivity index is 0.00000392. The van der Waals surface area contributed by atoms with Gasteiger partial charge in [-0.3, -0.25) is 14.1 Å². The lowest BCUT2D eigenvalue weighted by Gasteiger charge is -2.28. The highest BCUT2D eigenvalue weighted by Gasteiger charge is 2.30. The smallest absolute Gasteiger partial charge is 0.354 e. The summed E-state index contributed by atoms with van der Waals surface area (Å²) in [6.45, 7) is 4.91. The lowest BCUT2D eigenvalue weighted by Crippen LogP contribution is -2.38. The minimum absolute atomic E-state index is 0. The lowest BCUT2D eigenvalue weighted by atomic mass is 9.97. The highest BCUT2D eigenvalue weighted by Crippen LogP contribution is 2.43.